The van der Waals surface area contributed by atoms with Gasteiger partial charge in [-0.2, -0.15) is 4.98 Å². The van der Waals surface area contributed by atoms with Crippen molar-refractivity contribution in [3.8, 4) is 5.75 Å². The number of hydrogen-bond acceptors (Lipinski definition) is 12. The van der Waals surface area contributed by atoms with Crippen LogP contribution in [0.1, 0.15) is 60.0 Å². The quantitative estimate of drug-likeness (QED) is 0.0977. The van der Waals surface area contributed by atoms with E-state index in [9.17, 15) is 19.2 Å². The molecule has 1 atom stereocenters. The Morgan fingerprint density at radius 1 is 0.930 bits per heavy atom. The molecular formula is C42H48BrN9O5. The van der Waals surface area contributed by atoms with Crippen LogP contribution in [-0.2, 0) is 14.4 Å². The van der Waals surface area contributed by atoms with Crippen molar-refractivity contribution in [1.82, 2.24) is 25.1 Å². The molecule has 298 valence electrons. The summed E-state index contributed by atoms with van der Waals surface area (Å²) in [7, 11) is 1.63. The number of piperidine rings is 2. The van der Waals surface area contributed by atoms with Gasteiger partial charge in [-0.1, -0.05) is 24.3 Å². The normalized spacial score (nSPS) is 17.9. The summed E-state index contributed by atoms with van der Waals surface area (Å²) in [5.74, 6) is 1.55. The maximum atomic E-state index is 13.4. The number of halogens is 1. The van der Waals surface area contributed by atoms with Crippen LogP contribution in [0.5, 0.6) is 5.75 Å². The summed E-state index contributed by atoms with van der Waals surface area (Å²) in [5.41, 5.74) is 6.16. The number of para-hydroxylation sites is 1. The summed E-state index contributed by atoms with van der Waals surface area (Å²) in [4.78, 5) is 64.8. The monoisotopic (exact) mass is 837 g/mol. The number of aromatic nitrogens is 2. The minimum atomic E-state index is -0.399. The molecule has 7 rings (SSSR count). The molecule has 3 aliphatic heterocycles. The van der Waals surface area contributed by atoms with Crippen molar-refractivity contribution in [3.63, 3.8) is 0 Å². The van der Waals surface area contributed by atoms with E-state index >= 15 is 0 Å². The number of ether oxygens (including phenoxy) is 1. The number of carbonyl (C=O) groups excluding carboxylic acids is 4. The average Bonchev–Trinajstić information content (AvgIpc) is 3.21. The summed E-state index contributed by atoms with van der Waals surface area (Å²) in [5, 5.41) is 12.2. The molecule has 3 amide bonds. The molecule has 1 unspecified atom stereocenters. The summed E-state index contributed by atoms with van der Waals surface area (Å²) in [6, 6.07) is 19.2. The highest BCUT2D eigenvalue weighted by Gasteiger charge is 2.29. The van der Waals surface area contributed by atoms with Crippen LogP contribution >= 0.6 is 15.9 Å². The topological polar surface area (TPSA) is 161 Å². The highest BCUT2D eigenvalue weighted by molar-refractivity contribution is 9.10. The van der Waals surface area contributed by atoms with Crippen LogP contribution in [0.25, 0.3) is 0 Å². The minimum absolute atomic E-state index is 0.0491. The predicted molar refractivity (Wildman–Crippen MR) is 224 cm³/mol. The van der Waals surface area contributed by atoms with Crippen LogP contribution in [0.4, 0.5) is 34.5 Å². The number of benzene rings is 3. The molecule has 4 heterocycles. The van der Waals surface area contributed by atoms with Gasteiger partial charge in [0.15, 0.2) is 5.78 Å². The average molecular weight is 839 g/mol. The SMILES string of the molecule is COc1cc(N2CCN(C(=O)CN3CCC(c4ccc(NC5CCC(=O)NC5=O)cc4)CC3)CC2)c(C)cc1Nc1ncc(Br)c(Nc2ccccc2C(C)=O)n1. The number of methoxy groups -OCH3 is 1. The lowest BCUT2D eigenvalue weighted by molar-refractivity contribution is -0.134. The maximum Gasteiger partial charge on any atom is 0.249 e. The second-order valence-electron chi connectivity index (χ2n) is 14.8. The third-order valence-electron chi connectivity index (χ3n) is 10.9. The summed E-state index contributed by atoms with van der Waals surface area (Å²) < 4.78 is 6.46. The van der Waals surface area contributed by atoms with Gasteiger partial charge in [0.2, 0.25) is 23.7 Å². The second kappa shape index (κ2) is 17.7. The molecule has 0 bridgehead atoms. The Bertz CT molecular complexity index is 2130. The third kappa shape index (κ3) is 9.54. The zero-order valence-corrected chi connectivity index (χ0v) is 34.0. The van der Waals surface area contributed by atoms with Gasteiger partial charge in [-0.3, -0.25) is 29.4 Å². The first-order valence-electron chi connectivity index (χ1n) is 19.3. The fraction of sp³-hybridized carbons (Fsp3) is 0.381. The van der Waals surface area contributed by atoms with Crippen LogP contribution in [0.15, 0.2) is 71.3 Å². The molecule has 4 aromatic rings. The van der Waals surface area contributed by atoms with E-state index in [-0.39, 0.29) is 23.5 Å². The third-order valence-corrected chi connectivity index (χ3v) is 11.5. The molecule has 1 aromatic heterocycles. The number of hydrogen-bond donors (Lipinski definition) is 4. The number of likely N-dealkylation sites (tertiary alicyclic amines) is 1. The lowest BCUT2D eigenvalue weighted by Crippen LogP contribution is -2.52. The fourth-order valence-corrected chi connectivity index (χ4v) is 8.03. The highest BCUT2D eigenvalue weighted by atomic mass is 79.9. The van der Waals surface area contributed by atoms with E-state index in [0.29, 0.717) is 90.4 Å². The molecule has 0 radical (unpaired) electrons. The van der Waals surface area contributed by atoms with Crippen molar-refractivity contribution >= 4 is 74.0 Å². The largest absolute Gasteiger partial charge is 0.494 e. The van der Waals surface area contributed by atoms with Crippen molar-refractivity contribution in [2.75, 3.05) is 73.8 Å². The standard InChI is InChI=1S/C42H48BrN9O5/c1-26-22-35(47-42-44-24-32(43)40(49-42)46-33-7-5-4-6-31(33)27(2)53)37(57-3)23-36(26)51-18-20-52(21-19-51)39(55)25-50-16-14-29(15-17-50)28-8-10-30(11-9-28)45-34-12-13-38(54)48-41(34)56/h4-11,22-24,29,34,45H,12-21,25H2,1-3H3,(H,48,54,56)(H2,44,46,47,49). The first-order chi connectivity index (χ1) is 27.5. The molecule has 3 aliphatic rings. The number of Topliss-reactive ketones (excluding diaryl/α,β-unsaturated/α-hetero) is 1. The molecule has 15 heteroatoms. The molecule has 0 aliphatic carbocycles. The van der Waals surface area contributed by atoms with Gasteiger partial charge >= 0.3 is 0 Å². The van der Waals surface area contributed by atoms with E-state index in [1.165, 1.54) is 12.5 Å². The molecule has 0 spiro atoms. The number of amides is 3. The molecular weight excluding hydrogens is 790 g/mol. The van der Waals surface area contributed by atoms with Crippen molar-refractivity contribution < 1.29 is 23.9 Å². The Balaban J connectivity index is 0.894. The van der Waals surface area contributed by atoms with Crippen molar-refractivity contribution in [3.05, 3.63) is 88.0 Å². The van der Waals surface area contributed by atoms with Crippen LogP contribution in [-0.4, -0.2) is 102 Å². The van der Waals surface area contributed by atoms with Crippen LogP contribution in [0, 0.1) is 6.92 Å². The fourth-order valence-electron chi connectivity index (χ4n) is 7.74. The number of nitrogens with one attached hydrogen (secondary N) is 4. The van der Waals surface area contributed by atoms with E-state index in [0.717, 1.165) is 42.9 Å². The Morgan fingerprint density at radius 3 is 2.37 bits per heavy atom. The number of rotatable bonds is 12. The smallest absolute Gasteiger partial charge is 0.249 e. The molecule has 3 fully saturated rings. The summed E-state index contributed by atoms with van der Waals surface area (Å²) in [6.45, 7) is 8.46. The van der Waals surface area contributed by atoms with E-state index in [2.05, 4.69) is 76.0 Å². The molecule has 3 aromatic carbocycles. The van der Waals surface area contributed by atoms with E-state index < -0.39 is 6.04 Å². The minimum Gasteiger partial charge on any atom is -0.494 e. The first kappa shape index (κ1) is 39.7. The number of carbonyl (C=O) groups is 4. The zero-order valence-electron chi connectivity index (χ0n) is 32.4. The van der Waals surface area contributed by atoms with Crippen LogP contribution in [0.2, 0.25) is 0 Å². The molecule has 4 N–H and O–H groups in total. The van der Waals surface area contributed by atoms with Crippen molar-refractivity contribution in [2.24, 2.45) is 0 Å². The van der Waals surface area contributed by atoms with Crippen LogP contribution in [0.3, 0.4) is 0 Å². The van der Waals surface area contributed by atoms with Gasteiger partial charge in [0.05, 0.1) is 29.5 Å². The van der Waals surface area contributed by atoms with Gasteiger partial charge < -0.3 is 30.5 Å². The van der Waals surface area contributed by atoms with Gasteiger partial charge in [-0.15, -0.1) is 0 Å². The molecule has 0 saturated carbocycles. The molecule has 3 saturated heterocycles. The highest BCUT2D eigenvalue weighted by Crippen LogP contribution is 2.36. The summed E-state index contributed by atoms with van der Waals surface area (Å²) in [6.07, 6.45) is 4.45. The molecule has 14 nitrogen and oxygen atoms in total. The first-order valence-corrected chi connectivity index (χ1v) is 20.1. The van der Waals surface area contributed by atoms with Crippen molar-refractivity contribution in [2.45, 2.75) is 51.5 Å². The van der Waals surface area contributed by atoms with Gasteiger partial charge in [-0.05, 0) is 110 Å². The van der Waals surface area contributed by atoms with E-state index in [1.54, 1.807) is 19.4 Å². The Morgan fingerprint density at radius 2 is 1.67 bits per heavy atom. The lowest BCUT2D eigenvalue weighted by atomic mass is 9.89. The lowest BCUT2D eigenvalue weighted by Gasteiger charge is -2.38. The Hall–Kier alpha value is -5.54. The predicted octanol–water partition coefficient (Wildman–Crippen LogP) is 5.99. The Labute approximate surface area is 340 Å². The van der Waals surface area contributed by atoms with Gasteiger partial charge in [0, 0.05) is 61.8 Å². The van der Waals surface area contributed by atoms with Crippen molar-refractivity contribution in [1.29, 1.82) is 0 Å². The number of aryl methyl sites for hydroxylation is 1. The van der Waals surface area contributed by atoms with Gasteiger partial charge in [-0.25, -0.2) is 4.98 Å². The van der Waals surface area contributed by atoms with Gasteiger partial charge in [0.25, 0.3) is 0 Å². The second-order valence-corrected chi connectivity index (χ2v) is 15.6. The number of imide groups is 1. The van der Waals surface area contributed by atoms with E-state index in [1.807, 2.05) is 47.4 Å². The number of anilines is 6. The van der Waals surface area contributed by atoms with Crippen LogP contribution < -0.4 is 30.9 Å². The maximum absolute atomic E-state index is 13.4. The Kier molecular flexibility index (Phi) is 12.3. The van der Waals surface area contributed by atoms with Gasteiger partial charge in [0.1, 0.15) is 17.6 Å². The molecule has 57 heavy (non-hydrogen) atoms. The van der Waals surface area contributed by atoms with E-state index in [4.69, 9.17) is 4.74 Å². The summed E-state index contributed by atoms with van der Waals surface area (Å²) >= 11 is 3.52. The number of piperazine rings is 1. The number of ketones is 1. The zero-order chi connectivity index (χ0) is 40.1. The number of nitrogens with zero attached hydrogens (tertiary/aromatic N) is 5.